The van der Waals surface area contributed by atoms with Crippen molar-refractivity contribution in [1.82, 2.24) is 15.1 Å². The van der Waals surface area contributed by atoms with Gasteiger partial charge in [0.25, 0.3) is 0 Å². The minimum Gasteiger partial charge on any atom is -0.383 e. The Hall–Kier alpha value is -1.14. The van der Waals surface area contributed by atoms with Gasteiger partial charge in [-0.1, -0.05) is 6.92 Å². The predicted molar refractivity (Wildman–Crippen MR) is 73.3 cm³/mol. The first-order chi connectivity index (χ1) is 8.06. The van der Waals surface area contributed by atoms with Crippen LogP contribution in [-0.4, -0.2) is 34.7 Å². The maximum absolute atomic E-state index is 5.23. The van der Waals surface area contributed by atoms with Gasteiger partial charge in [-0.3, -0.25) is 4.68 Å². The van der Waals surface area contributed by atoms with E-state index in [4.69, 9.17) is 17.0 Å². The van der Waals surface area contributed by atoms with Crippen LogP contribution in [0.2, 0.25) is 0 Å². The fourth-order valence-corrected chi connectivity index (χ4v) is 1.89. The Morgan fingerprint density at radius 3 is 2.94 bits per heavy atom. The van der Waals surface area contributed by atoms with Crippen LogP contribution in [0.4, 0.5) is 5.69 Å². The zero-order valence-electron chi connectivity index (χ0n) is 10.8. The predicted octanol–water partition coefficient (Wildman–Crippen LogP) is 1.30. The van der Waals surface area contributed by atoms with Gasteiger partial charge in [0.15, 0.2) is 5.11 Å². The molecule has 96 valence electrons. The fraction of sp³-hybridized carbons (Fsp3) is 0.636. The molecule has 0 fully saturated rings. The summed E-state index contributed by atoms with van der Waals surface area (Å²) in [4.78, 5) is 0. The van der Waals surface area contributed by atoms with E-state index in [9.17, 15) is 0 Å². The van der Waals surface area contributed by atoms with E-state index in [0.717, 1.165) is 17.8 Å². The van der Waals surface area contributed by atoms with Gasteiger partial charge in [-0.15, -0.1) is 0 Å². The molecule has 0 saturated heterocycles. The van der Waals surface area contributed by atoms with Crippen LogP contribution in [0.25, 0.3) is 0 Å². The fourth-order valence-electron chi connectivity index (χ4n) is 1.57. The second-order valence-electron chi connectivity index (χ2n) is 3.97. The molecule has 6 heteroatoms. The van der Waals surface area contributed by atoms with Gasteiger partial charge in [0.1, 0.15) is 0 Å². The van der Waals surface area contributed by atoms with Crippen LogP contribution in [0.3, 0.4) is 0 Å². The second kappa shape index (κ2) is 6.56. The van der Waals surface area contributed by atoms with Crippen LogP contribution in [0.15, 0.2) is 6.20 Å². The molecule has 2 N–H and O–H groups in total. The molecule has 1 atom stereocenters. The van der Waals surface area contributed by atoms with Crippen LogP contribution in [0, 0.1) is 0 Å². The Morgan fingerprint density at radius 2 is 2.35 bits per heavy atom. The minimum absolute atomic E-state index is 0.182. The molecular formula is C11H20N4OS. The standard InChI is InChI=1S/C11H20N4OS/c1-5-9-10(6-15(3)14-9)13-11(17)12-8(2)7-16-4/h6,8H,5,7H2,1-4H3,(H2,12,13,17). The molecule has 0 bridgehead atoms. The molecule has 0 aliphatic heterocycles. The van der Waals surface area contributed by atoms with Crippen molar-refractivity contribution in [3.05, 3.63) is 11.9 Å². The Bertz CT molecular complexity index is 378. The van der Waals surface area contributed by atoms with Gasteiger partial charge < -0.3 is 15.4 Å². The molecule has 5 nitrogen and oxygen atoms in total. The van der Waals surface area contributed by atoms with Crippen LogP contribution in [-0.2, 0) is 18.2 Å². The topological polar surface area (TPSA) is 51.1 Å². The number of nitrogens with one attached hydrogen (secondary N) is 2. The lowest BCUT2D eigenvalue weighted by molar-refractivity contribution is 0.179. The molecular weight excluding hydrogens is 236 g/mol. The summed E-state index contributed by atoms with van der Waals surface area (Å²) < 4.78 is 6.82. The monoisotopic (exact) mass is 256 g/mol. The van der Waals surface area contributed by atoms with Crippen molar-refractivity contribution < 1.29 is 4.74 Å². The van der Waals surface area contributed by atoms with Gasteiger partial charge in [-0.25, -0.2) is 0 Å². The first-order valence-corrected chi connectivity index (χ1v) is 6.06. The Morgan fingerprint density at radius 1 is 1.65 bits per heavy atom. The number of anilines is 1. The van der Waals surface area contributed by atoms with Crippen LogP contribution < -0.4 is 10.6 Å². The summed E-state index contributed by atoms with van der Waals surface area (Å²) in [6.07, 6.45) is 2.80. The molecule has 1 aromatic rings. The van der Waals surface area contributed by atoms with Gasteiger partial charge in [-0.2, -0.15) is 5.10 Å². The molecule has 0 amide bonds. The van der Waals surface area contributed by atoms with E-state index in [1.165, 1.54) is 0 Å². The number of nitrogens with zero attached hydrogens (tertiary/aromatic N) is 2. The first-order valence-electron chi connectivity index (χ1n) is 5.65. The van der Waals surface area contributed by atoms with Crippen LogP contribution >= 0.6 is 12.2 Å². The van der Waals surface area contributed by atoms with E-state index >= 15 is 0 Å². The highest BCUT2D eigenvalue weighted by molar-refractivity contribution is 7.80. The zero-order chi connectivity index (χ0) is 12.8. The van der Waals surface area contributed by atoms with E-state index in [2.05, 4.69) is 22.7 Å². The zero-order valence-corrected chi connectivity index (χ0v) is 11.6. The Balaban J connectivity index is 2.55. The summed E-state index contributed by atoms with van der Waals surface area (Å²) in [6.45, 7) is 4.70. The van der Waals surface area contributed by atoms with Crippen molar-refractivity contribution in [2.24, 2.45) is 7.05 Å². The van der Waals surface area contributed by atoms with Crippen LogP contribution in [0.5, 0.6) is 0 Å². The molecule has 0 saturated carbocycles. The molecule has 0 aliphatic rings. The van der Waals surface area contributed by atoms with E-state index in [0.29, 0.717) is 11.7 Å². The average Bonchev–Trinajstić information content (AvgIpc) is 2.58. The van der Waals surface area contributed by atoms with E-state index < -0.39 is 0 Å². The summed E-state index contributed by atoms with van der Waals surface area (Å²) in [5, 5.41) is 11.2. The highest BCUT2D eigenvalue weighted by Crippen LogP contribution is 2.13. The summed E-state index contributed by atoms with van der Waals surface area (Å²) in [6, 6.07) is 0.182. The molecule has 0 aliphatic carbocycles. The summed E-state index contributed by atoms with van der Waals surface area (Å²) in [5.74, 6) is 0. The van der Waals surface area contributed by atoms with Crippen molar-refractivity contribution in [1.29, 1.82) is 0 Å². The van der Waals surface area contributed by atoms with Crippen molar-refractivity contribution in [2.45, 2.75) is 26.3 Å². The normalized spacial score (nSPS) is 12.2. The highest BCUT2D eigenvalue weighted by Gasteiger charge is 2.08. The average molecular weight is 256 g/mol. The number of methoxy groups -OCH3 is 1. The number of hydrogen-bond acceptors (Lipinski definition) is 3. The molecule has 0 radical (unpaired) electrons. The Labute approximate surface area is 108 Å². The lowest BCUT2D eigenvalue weighted by Gasteiger charge is -2.15. The molecule has 1 rings (SSSR count). The largest absolute Gasteiger partial charge is 0.383 e. The molecule has 0 aromatic carbocycles. The maximum Gasteiger partial charge on any atom is 0.171 e. The van der Waals surface area contributed by atoms with Gasteiger partial charge >= 0.3 is 0 Å². The van der Waals surface area contributed by atoms with Crippen LogP contribution in [0.1, 0.15) is 19.5 Å². The van der Waals surface area contributed by atoms with Crippen molar-refractivity contribution in [2.75, 3.05) is 19.0 Å². The number of aromatic nitrogens is 2. The van der Waals surface area contributed by atoms with E-state index in [1.807, 2.05) is 20.2 Å². The first kappa shape index (κ1) is 13.9. The molecule has 0 spiro atoms. The van der Waals surface area contributed by atoms with E-state index in [-0.39, 0.29) is 6.04 Å². The van der Waals surface area contributed by atoms with Crippen molar-refractivity contribution in [3.63, 3.8) is 0 Å². The second-order valence-corrected chi connectivity index (χ2v) is 4.38. The number of ether oxygens (including phenoxy) is 1. The lowest BCUT2D eigenvalue weighted by atomic mass is 10.3. The SMILES string of the molecule is CCc1nn(C)cc1NC(=S)NC(C)COC. The number of thiocarbonyl (C=S) groups is 1. The lowest BCUT2D eigenvalue weighted by Crippen LogP contribution is -2.38. The molecule has 17 heavy (non-hydrogen) atoms. The molecule has 1 heterocycles. The minimum atomic E-state index is 0.182. The molecule has 1 aromatic heterocycles. The number of hydrogen-bond donors (Lipinski definition) is 2. The third-order valence-electron chi connectivity index (χ3n) is 2.28. The van der Waals surface area contributed by atoms with E-state index in [1.54, 1.807) is 11.8 Å². The Kier molecular flexibility index (Phi) is 5.37. The quantitative estimate of drug-likeness (QED) is 0.778. The number of rotatable bonds is 5. The van der Waals surface area contributed by atoms with Crippen molar-refractivity contribution >= 4 is 23.0 Å². The molecule has 1 unspecified atom stereocenters. The van der Waals surface area contributed by atoms with Gasteiger partial charge in [0.05, 0.1) is 18.0 Å². The highest BCUT2D eigenvalue weighted by atomic mass is 32.1. The van der Waals surface area contributed by atoms with Gasteiger partial charge in [-0.05, 0) is 25.6 Å². The maximum atomic E-state index is 5.23. The van der Waals surface area contributed by atoms with Gasteiger partial charge in [0.2, 0.25) is 0 Å². The summed E-state index contributed by atoms with van der Waals surface area (Å²) in [5.41, 5.74) is 1.97. The van der Waals surface area contributed by atoms with Gasteiger partial charge in [0, 0.05) is 26.4 Å². The van der Waals surface area contributed by atoms with Crippen molar-refractivity contribution in [3.8, 4) is 0 Å². The summed E-state index contributed by atoms with van der Waals surface area (Å²) >= 11 is 5.23. The smallest absolute Gasteiger partial charge is 0.171 e. The number of aryl methyl sites for hydroxylation is 2. The summed E-state index contributed by atoms with van der Waals surface area (Å²) in [7, 11) is 3.57. The third-order valence-corrected chi connectivity index (χ3v) is 2.50. The third kappa shape index (κ3) is 4.32.